The molecule has 1 aliphatic rings. The number of hydrogen-bond donors (Lipinski definition) is 1. The van der Waals surface area contributed by atoms with Crippen LogP contribution < -0.4 is 10.6 Å². The van der Waals surface area contributed by atoms with Crippen molar-refractivity contribution in [3.8, 4) is 6.07 Å². The number of hydrogen-bond acceptors (Lipinski definition) is 3. The first kappa shape index (κ1) is 12.8. The zero-order valence-electron chi connectivity index (χ0n) is 11.2. The van der Waals surface area contributed by atoms with Gasteiger partial charge in [0.1, 0.15) is 0 Å². The highest BCUT2D eigenvalue weighted by Crippen LogP contribution is 2.32. The van der Waals surface area contributed by atoms with Crippen molar-refractivity contribution in [1.29, 1.82) is 5.26 Å². The topological polar surface area (TPSA) is 53.0 Å². The summed E-state index contributed by atoms with van der Waals surface area (Å²) in [6.45, 7) is 2.33. The van der Waals surface area contributed by atoms with Gasteiger partial charge in [0.25, 0.3) is 0 Å². The van der Waals surface area contributed by atoms with E-state index in [0.29, 0.717) is 17.3 Å². The number of benzene rings is 1. The van der Waals surface area contributed by atoms with Gasteiger partial charge in [0, 0.05) is 13.1 Å². The Labute approximate surface area is 109 Å². The summed E-state index contributed by atoms with van der Waals surface area (Å²) in [6, 6.07) is 8.27. The summed E-state index contributed by atoms with van der Waals surface area (Å²) < 4.78 is 0. The fourth-order valence-corrected chi connectivity index (χ4v) is 2.77. The van der Waals surface area contributed by atoms with Crippen LogP contribution in [0.1, 0.15) is 38.2 Å². The van der Waals surface area contributed by atoms with Crippen molar-refractivity contribution in [2.45, 2.75) is 38.6 Å². The summed E-state index contributed by atoms with van der Waals surface area (Å²) >= 11 is 0. The molecule has 2 rings (SSSR count). The Kier molecular flexibility index (Phi) is 3.76. The standard InChI is InChI=1S/C15H21N3/c1-11-3-6-13(7-4-11)18(2)15-8-5-12(10-16)9-14(15)17/h5,8-9,11,13H,3-4,6-7,17H2,1-2H3. The van der Waals surface area contributed by atoms with E-state index < -0.39 is 0 Å². The van der Waals surface area contributed by atoms with E-state index in [-0.39, 0.29) is 0 Å². The maximum Gasteiger partial charge on any atom is 0.0992 e. The number of nitriles is 1. The van der Waals surface area contributed by atoms with Crippen LogP contribution in [0.25, 0.3) is 0 Å². The molecule has 0 spiro atoms. The SMILES string of the molecule is CC1CCC(N(C)c2ccc(C#N)cc2N)CC1. The molecule has 96 valence electrons. The molecule has 0 unspecified atom stereocenters. The molecule has 18 heavy (non-hydrogen) atoms. The lowest BCUT2D eigenvalue weighted by molar-refractivity contribution is 0.341. The highest BCUT2D eigenvalue weighted by molar-refractivity contribution is 5.69. The molecule has 0 amide bonds. The average Bonchev–Trinajstić information content (AvgIpc) is 2.38. The zero-order valence-corrected chi connectivity index (χ0v) is 11.2. The molecule has 2 N–H and O–H groups in total. The third-order valence-corrected chi connectivity index (χ3v) is 4.07. The second-order valence-corrected chi connectivity index (χ2v) is 5.41. The van der Waals surface area contributed by atoms with Crippen LogP contribution in [-0.4, -0.2) is 13.1 Å². The lowest BCUT2D eigenvalue weighted by Gasteiger charge is -2.35. The molecule has 0 bridgehead atoms. The monoisotopic (exact) mass is 243 g/mol. The van der Waals surface area contributed by atoms with Crippen LogP contribution in [0.5, 0.6) is 0 Å². The molecule has 1 saturated carbocycles. The molecule has 0 heterocycles. The molecular weight excluding hydrogens is 222 g/mol. The van der Waals surface area contributed by atoms with Crippen LogP contribution >= 0.6 is 0 Å². The van der Waals surface area contributed by atoms with E-state index in [4.69, 9.17) is 11.0 Å². The number of rotatable bonds is 2. The molecule has 0 radical (unpaired) electrons. The second kappa shape index (κ2) is 5.30. The third kappa shape index (κ3) is 2.59. The first-order valence-electron chi connectivity index (χ1n) is 6.64. The first-order chi connectivity index (χ1) is 8.61. The van der Waals surface area contributed by atoms with Crippen molar-refractivity contribution in [2.24, 2.45) is 5.92 Å². The summed E-state index contributed by atoms with van der Waals surface area (Å²) in [5, 5.41) is 8.85. The molecule has 1 aliphatic carbocycles. The minimum atomic E-state index is 0.580. The number of nitrogens with zero attached hydrogens (tertiary/aromatic N) is 2. The van der Waals surface area contributed by atoms with Crippen molar-refractivity contribution in [3.05, 3.63) is 23.8 Å². The zero-order chi connectivity index (χ0) is 13.1. The van der Waals surface area contributed by atoms with Crippen LogP contribution in [0, 0.1) is 17.2 Å². The van der Waals surface area contributed by atoms with E-state index in [0.717, 1.165) is 11.6 Å². The fourth-order valence-electron chi connectivity index (χ4n) is 2.77. The Balaban J connectivity index is 2.14. The molecule has 3 heteroatoms. The van der Waals surface area contributed by atoms with E-state index in [2.05, 4.69) is 24.9 Å². The van der Waals surface area contributed by atoms with Gasteiger partial charge in [0.2, 0.25) is 0 Å². The van der Waals surface area contributed by atoms with Crippen LogP contribution in [0.3, 0.4) is 0 Å². The van der Waals surface area contributed by atoms with E-state index in [1.54, 1.807) is 6.07 Å². The predicted molar refractivity (Wildman–Crippen MR) is 75.4 cm³/mol. The Morgan fingerprint density at radius 2 is 1.94 bits per heavy atom. The van der Waals surface area contributed by atoms with Gasteiger partial charge in [-0.2, -0.15) is 5.26 Å². The van der Waals surface area contributed by atoms with Crippen LogP contribution in [0.2, 0.25) is 0 Å². The van der Waals surface area contributed by atoms with Crippen molar-refractivity contribution in [3.63, 3.8) is 0 Å². The van der Waals surface area contributed by atoms with Crippen molar-refractivity contribution < 1.29 is 0 Å². The van der Waals surface area contributed by atoms with Gasteiger partial charge in [-0.15, -0.1) is 0 Å². The summed E-state index contributed by atoms with van der Waals surface area (Å²) in [6.07, 6.45) is 5.06. The maximum atomic E-state index is 8.85. The van der Waals surface area contributed by atoms with Crippen molar-refractivity contribution in [1.82, 2.24) is 0 Å². The smallest absolute Gasteiger partial charge is 0.0992 e. The van der Waals surface area contributed by atoms with Gasteiger partial charge in [-0.25, -0.2) is 0 Å². The van der Waals surface area contributed by atoms with Crippen molar-refractivity contribution in [2.75, 3.05) is 17.7 Å². The average molecular weight is 243 g/mol. The summed E-state index contributed by atoms with van der Waals surface area (Å²) in [4.78, 5) is 2.28. The molecular formula is C15H21N3. The van der Waals surface area contributed by atoms with Gasteiger partial charge in [0.15, 0.2) is 0 Å². The molecule has 0 aromatic heterocycles. The highest BCUT2D eigenvalue weighted by Gasteiger charge is 2.22. The van der Waals surface area contributed by atoms with Crippen LogP contribution in [0.4, 0.5) is 11.4 Å². The Morgan fingerprint density at radius 1 is 1.28 bits per heavy atom. The lowest BCUT2D eigenvalue weighted by atomic mass is 9.86. The summed E-state index contributed by atoms with van der Waals surface area (Å²) in [5.41, 5.74) is 8.42. The van der Waals surface area contributed by atoms with Gasteiger partial charge >= 0.3 is 0 Å². The molecule has 0 aliphatic heterocycles. The minimum absolute atomic E-state index is 0.580. The molecule has 3 nitrogen and oxygen atoms in total. The molecule has 1 aromatic rings. The Bertz CT molecular complexity index is 453. The normalized spacial score (nSPS) is 23.4. The number of nitrogen functional groups attached to an aromatic ring is 1. The molecule has 1 fully saturated rings. The highest BCUT2D eigenvalue weighted by atomic mass is 15.1. The maximum absolute atomic E-state index is 8.85. The molecule has 0 saturated heterocycles. The predicted octanol–water partition coefficient (Wildman–Crippen LogP) is 3.16. The Morgan fingerprint density at radius 3 is 2.50 bits per heavy atom. The van der Waals surface area contributed by atoms with Gasteiger partial charge in [-0.1, -0.05) is 6.92 Å². The van der Waals surface area contributed by atoms with E-state index in [1.807, 2.05) is 12.1 Å². The second-order valence-electron chi connectivity index (χ2n) is 5.41. The van der Waals surface area contributed by atoms with Gasteiger partial charge in [0.05, 0.1) is 23.0 Å². The molecule has 0 atom stereocenters. The van der Waals surface area contributed by atoms with Crippen LogP contribution in [-0.2, 0) is 0 Å². The summed E-state index contributed by atoms with van der Waals surface area (Å²) in [7, 11) is 2.11. The third-order valence-electron chi connectivity index (χ3n) is 4.07. The lowest BCUT2D eigenvalue weighted by Crippen LogP contribution is -2.35. The fraction of sp³-hybridized carbons (Fsp3) is 0.533. The minimum Gasteiger partial charge on any atom is -0.397 e. The quantitative estimate of drug-likeness (QED) is 0.812. The number of nitrogens with two attached hydrogens (primary N) is 1. The van der Waals surface area contributed by atoms with E-state index in [9.17, 15) is 0 Å². The van der Waals surface area contributed by atoms with Crippen molar-refractivity contribution >= 4 is 11.4 Å². The van der Waals surface area contributed by atoms with Gasteiger partial charge in [-0.05, 0) is 49.8 Å². The van der Waals surface area contributed by atoms with Gasteiger partial charge < -0.3 is 10.6 Å². The number of anilines is 2. The van der Waals surface area contributed by atoms with Crippen LogP contribution in [0.15, 0.2) is 18.2 Å². The van der Waals surface area contributed by atoms with E-state index in [1.165, 1.54) is 25.7 Å². The Hall–Kier alpha value is -1.69. The molecule has 1 aromatic carbocycles. The first-order valence-corrected chi connectivity index (χ1v) is 6.64. The van der Waals surface area contributed by atoms with E-state index >= 15 is 0 Å². The van der Waals surface area contributed by atoms with Gasteiger partial charge in [-0.3, -0.25) is 0 Å². The summed E-state index contributed by atoms with van der Waals surface area (Å²) in [5.74, 6) is 0.855. The largest absolute Gasteiger partial charge is 0.397 e.